The van der Waals surface area contributed by atoms with Crippen LogP contribution in [-0.2, 0) is 4.79 Å². The molecule has 3 rings (SSSR count). The van der Waals surface area contributed by atoms with Crippen LogP contribution in [0.25, 0.3) is 0 Å². The summed E-state index contributed by atoms with van der Waals surface area (Å²) in [6.07, 6.45) is 4.19. The van der Waals surface area contributed by atoms with Crippen LogP contribution in [0.3, 0.4) is 0 Å². The van der Waals surface area contributed by atoms with E-state index in [4.69, 9.17) is 0 Å². The second kappa shape index (κ2) is 6.45. The number of hydrogen-bond donors (Lipinski definition) is 2. The number of nitrogens with one attached hydrogen (secondary N) is 2. The maximum absolute atomic E-state index is 12.3. The maximum atomic E-state index is 12.3. The highest BCUT2D eigenvalue weighted by molar-refractivity contribution is 7.99. The van der Waals surface area contributed by atoms with E-state index in [-0.39, 0.29) is 11.9 Å². The molecule has 1 aromatic rings. The van der Waals surface area contributed by atoms with E-state index < -0.39 is 0 Å². The van der Waals surface area contributed by atoms with E-state index >= 15 is 0 Å². The molecule has 2 saturated heterocycles. The lowest BCUT2D eigenvalue weighted by atomic mass is 10.2. The molecule has 2 fully saturated rings. The number of aromatic nitrogens is 1. The number of carbonyl (C=O) groups excluding carboxylic acids is 1. The van der Waals surface area contributed by atoms with Gasteiger partial charge in [0.2, 0.25) is 5.91 Å². The van der Waals surface area contributed by atoms with Gasteiger partial charge in [0, 0.05) is 37.3 Å². The summed E-state index contributed by atoms with van der Waals surface area (Å²) >= 11 is 1.82. The zero-order valence-corrected chi connectivity index (χ0v) is 12.3. The molecule has 0 aromatic carbocycles. The molecule has 0 spiro atoms. The van der Waals surface area contributed by atoms with Crippen molar-refractivity contribution in [3.8, 4) is 0 Å². The lowest BCUT2D eigenvalue weighted by Crippen LogP contribution is -2.46. The van der Waals surface area contributed by atoms with Crippen LogP contribution in [0.5, 0.6) is 0 Å². The molecule has 0 saturated carbocycles. The molecule has 6 heteroatoms. The quantitative estimate of drug-likeness (QED) is 0.880. The molecular weight excluding hydrogens is 272 g/mol. The molecule has 3 heterocycles. The van der Waals surface area contributed by atoms with Gasteiger partial charge in [0.05, 0.1) is 11.7 Å². The molecule has 5 nitrogen and oxygen atoms in total. The molecule has 1 aromatic heterocycles. The van der Waals surface area contributed by atoms with Gasteiger partial charge in [-0.3, -0.25) is 4.79 Å². The van der Waals surface area contributed by atoms with E-state index in [2.05, 4.69) is 20.5 Å². The fraction of sp³-hybridized carbons (Fsp3) is 0.571. The van der Waals surface area contributed by atoms with E-state index in [9.17, 15) is 4.79 Å². The summed E-state index contributed by atoms with van der Waals surface area (Å²) in [5.74, 6) is 2.87. The van der Waals surface area contributed by atoms with Crippen LogP contribution in [0.4, 0.5) is 11.5 Å². The number of hydrogen-bond acceptors (Lipinski definition) is 5. The monoisotopic (exact) mass is 292 g/mol. The van der Waals surface area contributed by atoms with Gasteiger partial charge in [0.15, 0.2) is 5.82 Å². The van der Waals surface area contributed by atoms with Crippen LogP contribution < -0.4 is 15.5 Å². The second-order valence-electron chi connectivity index (χ2n) is 5.14. The largest absolute Gasteiger partial charge is 0.355 e. The topological polar surface area (TPSA) is 57.3 Å². The van der Waals surface area contributed by atoms with Crippen LogP contribution in [-0.4, -0.2) is 48.1 Å². The summed E-state index contributed by atoms with van der Waals surface area (Å²) in [7, 11) is 0. The number of nitrogens with zero attached hydrogens (tertiary/aromatic N) is 2. The molecule has 0 radical (unpaired) electrons. The van der Waals surface area contributed by atoms with Crippen LogP contribution in [0.1, 0.15) is 12.8 Å². The van der Waals surface area contributed by atoms with Gasteiger partial charge < -0.3 is 15.5 Å². The Hall–Kier alpha value is -1.27. The Morgan fingerprint density at radius 2 is 2.30 bits per heavy atom. The minimum Gasteiger partial charge on any atom is -0.355 e. The highest BCUT2D eigenvalue weighted by atomic mass is 32.2. The second-order valence-corrected chi connectivity index (χ2v) is 6.29. The van der Waals surface area contributed by atoms with Crippen molar-refractivity contribution in [1.29, 1.82) is 0 Å². The molecule has 1 amide bonds. The molecule has 0 aliphatic carbocycles. The zero-order valence-electron chi connectivity index (χ0n) is 11.5. The van der Waals surface area contributed by atoms with Crippen LogP contribution in [0, 0.1) is 0 Å². The summed E-state index contributed by atoms with van der Waals surface area (Å²) in [4.78, 5) is 19.0. The van der Waals surface area contributed by atoms with Gasteiger partial charge in [0.1, 0.15) is 0 Å². The highest BCUT2D eigenvalue weighted by Crippen LogP contribution is 2.26. The average molecular weight is 292 g/mol. The van der Waals surface area contributed by atoms with Gasteiger partial charge in [-0.15, -0.1) is 0 Å². The first-order valence-electron chi connectivity index (χ1n) is 7.16. The first kappa shape index (κ1) is 13.7. The number of pyridine rings is 1. The van der Waals surface area contributed by atoms with Crippen molar-refractivity contribution in [2.75, 3.05) is 41.4 Å². The molecule has 2 aliphatic rings. The van der Waals surface area contributed by atoms with Gasteiger partial charge in [-0.05, 0) is 25.0 Å². The van der Waals surface area contributed by atoms with Gasteiger partial charge in [-0.25, -0.2) is 4.98 Å². The Morgan fingerprint density at radius 3 is 3.05 bits per heavy atom. The number of amides is 1. The van der Waals surface area contributed by atoms with E-state index in [0.29, 0.717) is 0 Å². The molecule has 20 heavy (non-hydrogen) atoms. The van der Waals surface area contributed by atoms with Crippen molar-refractivity contribution in [1.82, 2.24) is 10.3 Å². The smallest absolute Gasteiger partial charge is 0.242 e. The number of carbonyl (C=O) groups is 1. The first-order valence-corrected chi connectivity index (χ1v) is 8.32. The van der Waals surface area contributed by atoms with Crippen molar-refractivity contribution in [2.24, 2.45) is 0 Å². The van der Waals surface area contributed by atoms with Crippen molar-refractivity contribution >= 4 is 29.2 Å². The minimum absolute atomic E-state index is 0.0469. The van der Waals surface area contributed by atoms with E-state index in [1.54, 1.807) is 6.20 Å². The molecule has 2 N–H and O–H groups in total. The predicted octanol–water partition coefficient (Wildman–Crippen LogP) is 1.33. The lowest BCUT2D eigenvalue weighted by Gasteiger charge is -2.24. The highest BCUT2D eigenvalue weighted by Gasteiger charge is 2.23. The Balaban J connectivity index is 1.71. The fourth-order valence-electron chi connectivity index (χ4n) is 2.63. The molecule has 1 atom stereocenters. The summed E-state index contributed by atoms with van der Waals surface area (Å²) < 4.78 is 0. The van der Waals surface area contributed by atoms with E-state index in [1.807, 2.05) is 23.9 Å². The zero-order chi connectivity index (χ0) is 13.8. The minimum atomic E-state index is -0.0969. The normalized spacial score (nSPS) is 22.8. The SMILES string of the molecule is O=C(Nc1cccnc1N1CCCC1)C1CSCCN1. The molecule has 108 valence electrons. The molecule has 0 bridgehead atoms. The predicted molar refractivity (Wildman–Crippen MR) is 83.4 cm³/mol. The van der Waals surface area contributed by atoms with Crippen molar-refractivity contribution < 1.29 is 4.79 Å². The van der Waals surface area contributed by atoms with Crippen molar-refractivity contribution in [3.63, 3.8) is 0 Å². The Bertz CT molecular complexity index is 470. The summed E-state index contributed by atoms with van der Waals surface area (Å²) in [5, 5.41) is 6.30. The maximum Gasteiger partial charge on any atom is 0.242 e. The van der Waals surface area contributed by atoms with Crippen molar-refractivity contribution in [3.05, 3.63) is 18.3 Å². The summed E-state index contributed by atoms with van der Waals surface area (Å²) in [5.41, 5.74) is 0.830. The third kappa shape index (κ3) is 3.07. The molecule has 2 aliphatic heterocycles. The van der Waals surface area contributed by atoms with Gasteiger partial charge >= 0.3 is 0 Å². The Kier molecular flexibility index (Phi) is 4.42. The lowest BCUT2D eigenvalue weighted by molar-refractivity contribution is -0.117. The third-order valence-corrected chi connectivity index (χ3v) is 4.75. The third-order valence-electron chi connectivity index (χ3n) is 3.69. The number of rotatable bonds is 3. The van der Waals surface area contributed by atoms with Gasteiger partial charge in [0.25, 0.3) is 0 Å². The number of thioether (sulfide) groups is 1. The van der Waals surface area contributed by atoms with Crippen LogP contribution in [0.15, 0.2) is 18.3 Å². The fourth-order valence-corrected chi connectivity index (χ4v) is 3.56. The average Bonchev–Trinajstić information content (AvgIpc) is 3.03. The van der Waals surface area contributed by atoms with E-state index in [0.717, 1.165) is 42.6 Å². The first-order chi connectivity index (χ1) is 9.84. The van der Waals surface area contributed by atoms with Crippen LogP contribution in [0.2, 0.25) is 0 Å². The Morgan fingerprint density at radius 1 is 1.45 bits per heavy atom. The molecule has 1 unspecified atom stereocenters. The summed E-state index contributed by atoms with van der Waals surface area (Å²) in [6, 6.07) is 3.72. The van der Waals surface area contributed by atoms with Gasteiger partial charge in [-0.1, -0.05) is 0 Å². The number of anilines is 2. The van der Waals surface area contributed by atoms with Gasteiger partial charge in [-0.2, -0.15) is 11.8 Å². The molecular formula is C14H20N4OS. The summed E-state index contributed by atoms with van der Waals surface area (Å²) in [6.45, 7) is 2.95. The van der Waals surface area contributed by atoms with Crippen molar-refractivity contribution in [2.45, 2.75) is 18.9 Å². The Labute approximate surface area is 123 Å². The van der Waals surface area contributed by atoms with Crippen LogP contribution >= 0.6 is 11.8 Å². The van der Waals surface area contributed by atoms with E-state index in [1.165, 1.54) is 12.8 Å². The standard InChI is InChI=1S/C14H20N4OS/c19-14(12-10-20-9-6-15-12)17-11-4-3-5-16-13(11)18-7-1-2-8-18/h3-5,12,15H,1-2,6-10H2,(H,17,19).